The van der Waals surface area contributed by atoms with E-state index in [0.717, 1.165) is 6.42 Å². The monoisotopic (exact) mass is 289 g/mol. The van der Waals surface area contributed by atoms with E-state index in [1.807, 2.05) is 6.92 Å². The summed E-state index contributed by atoms with van der Waals surface area (Å²) in [5.74, 6) is 2.34. The van der Waals surface area contributed by atoms with Gasteiger partial charge >= 0.3 is 0 Å². The number of carbonyl (C=O) groups excluding carboxylic acids is 1. The van der Waals surface area contributed by atoms with Crippen LogP contribution in [0.4, 0.5) is 11.4 Å². The number of hydrogen-bond donors (Lipinski definition) is 1. The third-order valence-corrected chi connectivity index (χ3v) is 2.95. The zero-order chi connectivity index (χ0) is 16.0. The highest BCUT2D eigenvalue weighted by atomic mass is 16.6. The van der Waals surface area contributed by atoms with Gasteiger partial charge in [0.15, 0.2) is 0 Å². The lowest BCUT2D eigenvalue weighted by Gasteiger charge is -2.15. The van der Waals surface area contributed by atoms with Crippen molar-refractivity contribution in [2.24, 2.45) is 0 Å². The van der Waals surface area contributed by atoms with E-state index in [9.17, 15) is 14.9 Å². The smallest absolute Gasteiger partial charge is 0.292 e. The summed E-state index contributed by atoms with van der Waals surface area (Å²) in [5, 5.41) is 14.0. The maximum Gasteiger partial charge on any atom is 0.292 e. The molecule has 1 rings (SSSR count). The summed E-state index contributed by atoms with van der Waals surface area (Å²) < 4.78 is 0. The predicted molar refractivity (Wildman–Crippen MR) is 82.3 cm³/mol. The van der Waals surface area contributed by atoms with Gasteiger partial charge in [0, 0.05) is 25.7 Å². The fourth-order valence-corrected chi connectivity index (χ4v) is 1.88. The van der Waals surface area contributed by atoms with Gasteiger partial charge in [0.25, 0.3) is 11.6 Å². The van der Waals surface area contributed by atoms with Crippen molar-refractivity contribution >= 4 is 17.3 Å². The first kappa shape index (κ1) is 16.5. The van der Waals surface area contributed by atoms with E-state index in [-0.39, 0.29) is 23.3 Å². The summed E-state index contributed by atoms with van der Waals surface area (Å²) in [4.78, 5) is 23.9. The first-order chi connectivity index (χ1) is 9.90. The largest absolute Gasteiger partial charge is 0.366 e. The molecule has 112 valence electrons. The minimum Gasteiger partial charge on any atom is -0.366 e. The Kier molecular flexibility index (Phi) is 5.73. The van der Waals surface area contributed by atoms with Gasteiger partial charge in [-0.05, 0) is 18.6 Å². The number of nitrogens with zero attached hydrogens (tertiary/aromatic N) is 2. The topological polar surface area (TPSA) is 75.5 Å². The maximum absolute atomic E-state index is 11.9. The van der Waals surface area contributed by atoms with Crippen LogP contribution in [-0.2, 0) is 0 Å². The van der Waals surface area contributed by atoms with Crippen molar-refractivity contribution < 1.29 is 9.72 Å². The normalized spacial score (nSPS) is 11.3. The van der Waals surface area contributed by atoms with E-state index in [1.165, 1.54) is 23.1 Å². The minimum absolute atomic E-state index is 0.0957. The third kappa shape index (κ3) is 4.21. The lowest BCUT2D eigenvalue weighted by Crippen LogP contribution is -2.22. The first-order valence-corrected chi connectivity index (χ1v) is 6.63. The van der Waals surface area contributed by atoms with Gasteiger partial charge in [-0.15, -0.1) is 6.42 Å². The summed E-state index contributed by atoms with van der Waals surface area (Å²) in [5.41, 5.74) is 0.547. The molecule has 0 aliphatic carbocycles. The molecule has 1 atom stereocenters. The molecule has 1 aromatic carbocycles. The Balaban J connectivity index is 3.19. The molecule has 0 aliphatic rings. The van der Waals surface area contributed by atoms with Crippen molar-refractivity contribution in [3.05, 3.63) is 33.9 Å². The molecule has 0 heterocycles. The predicted octanol–water partition coefficient (Wildman–Crippen LogP) is 2.51. The Bertz CT molecular complexity index is 576. The minimum atomic E-state index is -0.494. The highest BCUT2D eigenvalue weighted by Crippen LogP contribution is 2.27. The summed E-state index contributed by atoms with van der Waals surface area (Å²) in [6.07, 6.45) is 6.97. The van der Waals surface area contributed by atoms with Crippen LogP contribution in [0.2, 0.25) is 0 Å². The van der Waals surface area contributed by atoms with Gasteiger partial charge in [-0.1, -0.05) is 19.3 Å². The SMILES string of the molecule is C#CC(CCC)Nc1cc(C(=O)N(C)C)ccc1[N+](=O)[O-]. The van der Waals surface area contributed by atoms with E-state index in [2.05, 4.69) is 11.2 Å². The highest BCUT2D eigenvalue weighted by molar-refractivity contribution is 5.95. The number of nitro groups is 1. The summed E-state index contributed by atoms with van der Waals surface area (Å²) in [6.45, 7) is 1.98. The van der Waals surface area contributed by atoms with Gasteiger partial charge in [-0.2, -0.15) is 0 Å². The molecule has 0 fully saturated rings. The van der Waals surface area contributed by atoms with Gasteiger partial charge in [0.2, 0.25) is 0 Å². The van der Waals surface area contributed by atoms with Gasteiger partial charge < -0.3 is 10.2 Å². The second-order valence-electron chi connectivity index (χ2n) is 4.84. The van der Waals surface area contributed by atoms with Gasteiger partial charge in [-0.3, -0.25) is 14.9 Å². The van der Waals surface area contributed by atoms with Crippen LogP contribution in [0, 0.1) is 22.5 Å². The van der Waals surface area contributed by atoms with E-state index < -0.39 is 4.92 Å². The quantitative estimate of drug-likeness (QED) is 0.496. The molecule has 1 amide bonds. The fourth-order valence-electron chi connectivity index (χ4n) is 1.88. The van der Waals surface area contributed by atoms with Crippen molar-refractivity contribution in [1.82, 2.24) is 4.90 Å². The number of nitrogens with one attached hydrogen (secondary N) is 1. The van der Waals surface area contributed by atoms with Crippen LogP contribution in [0.5, 0.6) is 0 Å². The molecule has 0 aliphatic heterocycles. The lowest BCUT2D eigenvalue weighted by atomic mass is 10.1. The maximum atomic E-state index is 11.9. The number of amides is 1. The van der Waals surface area contributed by atoms with Crippen molar-refractivity contribution in [2.45, 2.75) is 25.8 Å². The molecule has 1 N–H and O–H groups in total. The van der Waals surface area contributed by atoms with Gasteiger partial charge in [0.1, 0.15) is 5.69 Å². The van der Waals surface area contributed by atoms with Crippen molar-refractivity contribution in [1.29, 1.82) is 0 Å². The highest BCUT2D eigenvalue weighted by Gasteiger charge is 2.19. The Hall–Kier alpha value is -2.55. The molecule has 1 aromatic rings. The number of terminal acetylenes is 1. The van der Waals surface area contributed by atoms with E-state index in [0.29, 0.717) is 12.0 Å². The fraction of sp³-hybridized carbons (Fsp3) is 0.400. The number of hydrogen-bond acceptors (Lipinski definition) is 4. The molecular weight excluding hydrogens is 270 g/mol. The molecule has 21 heavy (non-hydrogen) atoms. The molecule has 0 saturated heterocycles. The molecule has 0 radical (unpaired) electrons. The molecular formula is C15H19N3O3. The zero-order valence-electron chi connectivity index (χ0n) is 12.4. The van der Waals surface area contributed by atoms with E-state index in [4.69, 9.17) is 6.42 Å². The van der Waals surface area contributed by atoms with Crippen LogP contribution in [0.3, 0.4) is 0 Å². The van der Waals surface area contributed by atoms with Crippen LogP contribution >= 0.6 is 0 Å². The Morgan fingerprint density at radius 3 is 2.67 bits per heavy atom. The van der Waals surface area contributed by atoms with Crippen LogP contribution in [0.25, 0.3) is 0 Å². The number of rotatable bonds is 6. The average Bonchev–Trinajstić information content (AvgIpc) is 2.45. The average molecular weight is 289 g/mol. The van der Waals surface area contributed by atoms with Crippen LogP contribution in [0.1, 0.15) is 30.1 Å². The van der Waals surface area contributed by atoms with Crippen LogP contribution in [0.15, 0.2) is 18.2 Å². The van der Waals surface area contributed by atoms with E-state index in [1.54, 1.807) is 14.1 Å². The molecule has 0 aromatic heterocycles. The summed E-state index contributed by atoms with van der Waals surface area (Å²) in [6, 6.07) is 3.92. The van der Waals surface area contributed by atoms with E-state index >= 15 is 0 Å². The summed E-state index contributed by atoms with van der Waals surface area (Å²) in [7, 11) is 3.25. The Morgan fingerprint density at radius 2 is 2.19 bits per heavy atom. The second-order valence-corrected chi connectivity index (χ2v) is 4.84. The Morgan fingerprint density at radius 1 is 1.52 bits per heavy atom. The molecule has 6 heteroatoms. The molecule has 6 nitrogen and oxygen atoms in total. The number of benzene rings is 1. The van der Waals surface area contributed by atoms with Crippen molar-refractivity contribution in [3.63, 3.8) is 0 Å². The second kappa shape index (κ2) is 7.29. The molecule has 0 spiro atoms. The van der Waals surface area contributed by atoms with Crippen molar-refractivity contribution in [2.75, 3.05) is 19.4 Å². The number of anilines is 1. The number of nitro benzene ring substituents is 1. The van der Waals surface area contributed by atoms with Gasteiger partial charge in [0.05, 0.1) is 11.0 Å². The van der Waals surface area contributed by atoms with Gasteiger partial charge in [-0.25, -0.2) is 0 Å². The number of carbonyl (C=O) groups is 1. The molecule has 0 saturated carbocycles. The third-order valence-electron chi connectivity index (χ3n) is 2.95. The standard InChI is InChI=1S/C15H19N3O3/c1-5-7-12(6-2)16-13-10-11(15(19)17(3)4)8-9-14(13)18(20)21/h2,8-10,12,16H,5,7H2,1,3-4H3. The summed E-state index contributed by atoms with van der Waals surface area (Å²) >= 11 is 0. The lowest BCUT2D eigenvalue weighted by molar-refractivity contribution is -0.384. The van der Waals surface area contributed by atoms with Crippen LogP contribution in [-0.4, -0.2) is 35.9 Å². The zero-order valence-corrected chi connectivity index (χ0v) is 12.4. The first-order valence-electron chi connectivity index (χ1n) is 6.63. The van der Waals surface area contributed by atoms with Crippen molar-refractivity contribution in [3.8, 4) is 12.3 Å². The Labute approximate surface area is 124 Å². The molecule has 0 bridgehead atoms. The molecule has 1 unspecified atom stereocenters. The van der Waals surface area contributed by atoms with Crippen LogP contribution < -0.4 is 5.32 Å².